The second-order valence-electron chi connectivity index (χ2n) is 3.29. The topological polar surface area (TPSA) is 51.8 Å². The Labute approximate surface area is 86.8 Å². The lowest BCUT2D eigenvalue weighted by Gasteiger charge is -2.05. The molecule has 0 aliphatic carbocycles. The van der Waals surface area contributed by atoms with Gasteiger partial charge in [0, 0.05) is 11.6 Å². The molecule has 0 bridgehead atoms. The van der Waals surface area contributed by atoms with Crippen molar-refractivity contribution in [1.29, 1.82) is 0 Å². The smallest absolute Gasteiger partial charge is 0.127 e. The van der Waals surface area contributed by atoms with Gasteiger partial charge in [0.2, 0.25) is 0 Å². The largest absolute Gasteiger partial charge is 0.384 e. The third kappa shape index (κ3) is 1.93. The van der Waals surface area contributed by atoms with Crippen molar-refractivity contribution in [3.8, 4) is 11.3 Å². The van der Waals surface area contributed by atoms with E-state index in [1.165, 1.54) is 18.5 Å². The van der Waals surface area contributed by atoms with E-state index in [1.54, 1.807) is 12.1 Å². The summed E-state index contributed by atoms with van der Waals surface area (Å²) in [5, 5.41) is 0. The molecule has 0 aliphatic rings. The molecule has 0 amide bonds. The zero-order chi connectivity index (χ0) is 10.8. The van der Waals surface area contributed by atoms with Crippen molar-refractivity contribution in [3.05, 3.63) is 42.0 Å². The Morgan fingerprint density at radius 1 is 1.20 bits per heavy atom. The summed E-state index contributed by atoms with van der Waals surface area (Å²) in [5.41, 5.74) is 7.95. The molecule has 0 saturated heterocycles. The second kappa shape index (κ2) is 3.65. The number of aryl methyl sites for hydroxylation is 1. The van der Waals surface area contributed by atoms with E-state index in [-0.39, 0.29) is 5.82 Å². The van der Waals surface area contributed by atoms with Crippen molar-refractivity contribution in [2.45, 2.75) is 6.92 Å². The third-order valence-corrected chi connectivity index (χ3v) is 2.15. The zero-order valence-electron chi connectivity index (χ0n) is 8.24. The molecule has 3 nitrogen and oxygen atoms in total. The number of halogens is 1. The van der Waals surface area contributed by atoms with Crippen molar-refractivity contribution < 1.29 is 4.39 Å². The van der Waals surface area contributed by atoms with Gasteiger partial charge in [0.25, 0.3) is 0 Å². The van der Waals surface area contributed by atoms with Crippen LogP contribution in [0.25, 0.3) is 11.3 Å². The van der Waals surface area contributed by atoms with Gasteiger partial charge in [0.1, 0.15) is 18.0 Å². The SMILES string of the molecule is Cc1cc(F)ccc1-c1cc(N)ncn1. The first kappa shape index (κ1) is 9.58. The Balaban J connectivity index is 2.54. The minimum atomic E-state index is -0.252. The molecule has 0 aliphatic heterocycles. The van der Waals surface area contributed by atoms with Crippen LogP contribution < -0.4 is 5.73 Å². The quantitative estimate of drug-likeness (QED) is 0.772. The lowest BCUT2D eigenvalue weighted by atomic mass is 10.1. The van der Waals surface area contributed by atoms with E-state index in [0.717, 1.165) is 11.1 Å². The van der Waals surface area contributed by atoms with Crippen molar-refractivity contribution in [2.24, 2.45) is 0 Å². The maximum absolute atomic E-state index is 12.9. The van der Waals surface area contributed by atoms with Crippen LogP contribution in [0, 0.1) is 12.7 Å². The predicted molar refractivity (Wildman–Crippen MR) is 56.6 cm³/mol. The molecule has 2 rings (SSSR count). The van der Waals surface area contributed by atoms with Crippen molar-refractivity contribution in [1.82, 2.24) is 9.97 Å². The van der Waals surface area contributed by atoms with E-state index in [0.29, 0.717) is 11.5 Å². The first-order valence-electron chi connectivity index (χ1n) is 4.51. The number of hydrogen-bond donors (Lipinski definition) is 1. The normalized spacial score (nSPS) is 10.3. The minimum Gasteiger partial charge on any atom is -0.384 e. The van der Waals surface area contributed by atoms with Gasteiger partial charge in [0.05, 0.1) is 5.69 Å². The number of nitrogen functional groups attached to an aromatic ring is 1. The van der Waals surface area contributed by atoms with Crippen molar-refractivity contribution >= 4 is 5.82 Å². The lowest BCUT2D eigenvalue weighted by Crippen LogP contribution is -1.94. The first-order valence-corrected chi connectivity index (χ1v) is 4.51. The summed E-state index contributed by atoms with van der Waals surface area (Å²) in [7, 11) is 0. The van der Waals surface area contributed by atoms with Crippen LogP contribution in [0.5, 0.6) is 0 Å². The highest BCUT2D eigenvalue weighted by Crippen LogP contribution is 2.22. The highest BCUT2D eigenvalue weighted by Gasteiger charge is 2.04. The monoisotopic (exact) mass is 203 g/mol. The fourth-order valence-electron chi connectivity index (χ4n) is 1.43. The van der Waals surface area contributed by atoms with Crippen LogP contribution in [0.2, 0.25) is 0 Å². The second-order valence-corrected chi connectivity index (χ2v) is 3.29. The van der Waals surface area contributed by atoms with E-state index in [9.17, 15) is 4.39 Å². The van der Waals surface area contributed by atoms with Gasteiger partial charge in [-0.1, -0.05) is 0 Å². The molecule has 15 heavy (non-hydrogen) atoms. The van der Waals surface area contributed by atoms with Crippen LogP contribution in [-0.4, -0.2) is 9.97 Å². The van der Waals surface area contributed by atoms with Gasteiger partial charge in [-0.2, -0.15) is 0 Å². The van der Waals surface area contributed by atoms with Crippen LogP contribution in [0.15, 0.2) is 30.6 Å². The molecule has 76 valence electrons. The first-order chi connectivity index (χ1) is 7.16. The molecule has 0 spiro atoms. The number of aromatic nitrogens is 2. The fourth-order valence-corrected chi connectivity index (χ4v) is 1.43. The van der Waals surface area contributed by atoms with Gasteiger partial charge in [0.15, 0.2) is 0 Å². The lowest BCUT2D eigenvalue weighted by molar-refractivity contribution is 0.627. The Bertz CT molecular complexity index is 497. The molecular formula is C11H10FN3. The summed E-state index contributed by atoms with van der Waals surface area (Å²) in [6.45, 7) is 1.83. The number of hydrogen-bond acceptors (Lipinski definition) is 3. The summed E-state index contributed by atoms with van der Waals surface area (Å²) in [6.07, 6.45) is 1.40. The zero-order valence-corrected chi connectivity index (χ0v) is 8.24. The minimum absolute atomic E-state index is 0.252. The van der Waals surface area contributed by atoms with E-state index < -0.39 is 0 Å². The number of benzene rings is 1. The Morgan fingerprint density at radius 3 is 2.67 bits per heavy atom. The maximum atomic E-state index is 12.9. The van der Waals surface area contributed by atoms with Crippen LogP contribution in [-0.2, 0) is 0 Å². The number of anilines is 1. The van der Waals surface area contributed by atoms with E-state index in [2.05, 4.69) is 9.97 Å². The molecule has 0 unspecified atom stereocenters. The molecule has 1 aromatic heterocycles. The van der Waals surface area contributed by atoms with E-state index >= 15 is 0 Å². The van der Waals surface area contributed by atoms with Crippen LogP contribution in [0.1, 0.15) is 5.56 Å². The summed E-state index contributed by atoms with van der Waals surface area (Å²) in [4.78, 5) is 7.89. The van der Waals surface area contributed by atoms with Crippen molar-refractivity contribution in [3.63, 3.8) is 0 Å². The maximum Gasteiger partial charge on any atom is 0.127 e. The standard InChI is InChI=1S/C11H10FN3/c1-7-4-8(12)2-3-9(7)10-5-11(13)15-6-14-10/h2-6H,1H3,(H2,13,14,15). The average Bonchev–Trinajstić information content (AvgIpc) is 2.17. The molecule has 0 saturated carbocycles. The Morgan fingerprint density at radius 2 is 2.00 bits per heavy atom. The highest BCUT2D eigenvalue weighted by molar-refractivity contribution is 5.65. The van der Waals surface area contributed by atoms with Gasteiger partial charge in [-0.25, -0.2) is 14.4 Å². The number of nitrogens with two attached hydrogens (primary N) is 1. The fraction of sp³-hybridized carbons (Fsp3) is 0.0909. The number of rotatable bonds is 1. The molecule has 0 fully saturated rings. The molecule has 2 aromatic rings. The molecule has 0 atom stereocenters. The van der Waals surface area contributed by atoms with Crippen LogP contribution >= 0.6 is 0 Å². The van der Waals surface area contributed by atoms with Crippen LogP contribution in [0.3, 0.4) is 0 Å². The van der Waals surface area contributed by atoms with Gasteiger partial charge in [-0.05, 0) is 30.7 Å². The molecule has 1 heterocycles. The molecule has 2 N–H and O–H groups in total. The van der Waals surface area contributed by atoms with E-state index in [4.69, 9.17) is 5.73 Å². The summed E-state index contributed by atoms with van der Waals surface area (Å²) in [5.74, 6) is 0.155. The van der Waals surface area contributed by atoms with Gasteiger partial charge >= 0.3 is 0 Å². The summed E-state index contributed by atoms with van der Waals surface area (Å²) >= 11 is 0. The molecule has 0 radical (unpaired) electrons. The molecule has 4 heteroatoms. The Hall–Kier alpha value is -1.97. The third-order valence-electron chi connectivity index (χ3n) is 2.15. The van der Waals surface area contributed by atoms with Crippen molar-refractivity contribution in [2.75, 3.05) is 5.73 Å². The average molecular weight is 203 g/mol. The molecule has 1 aromatic carbocycles. The van der Waals surface area contributed by atoms with Gasteiger partial charge < -0.3 is 5.73 Å². The molecular weight excluding hydrogens is 193 g/mol. The summed E-state index contributed by atoms with van der Waals surface area (Å²) in [6, 6.07) is 6.22. The Kier molecular flexibility index (Phi) is 2.33. The van der Waals surface area contributed by atoms with Gasteiger partial charge in [-0.3, -0.25) is 0 Å². The summed E-state index contributed by atoms with van der Waals surface area (Å²) < 4.78 is 12.9. The highest BCUT2D eigenvalue weighted by atomic mass is 19.1. The van der Waals surface area contributed by atoms with Gasteiger partial charge in [-0.15, -0.1) is 0 Å². The van der Waals surface area contributed by atoms with Crippen LogP contribution in [0.4, 0.5) is 10.2 Å². The number of nitrogens with zero attached hydrogens (tertiary/aromatic N) is 2. The van der Waals surface area contributed by atoms with E-state index in [1.807, 2.05) is 6.92 Å². The predicted octanol–water partition coefficient (Wildman–Crippen LogP) is 2.17.